The highest BCUT2D eigenvalue weighted by Gasteiger charge is 2.36. The van der Waals surface area contributed by atoms with Gasteiger partial charge in [0.1, 0.15) is 10.7 Å². The van der Waals surface area contributed by atoms with Gasteiger partial charge in [0.15, 0.2) is 5.78 Å². The Kier molecular flexibility index (Phi) is 8.04. The topological polar surface area (TPSA) is 129 Å². The maximum atomic E-state index is 13.5. The smallest absolute Gasteiger partial charge is 0.354 e. The molecule has 1 heterocycles. The summed E-state index contributed by atoms with van der Waals surface area (Å²) >= 11 is 5.82. The number of aromatic nitrogens is 1. The second kappa shape index (κ2) is 10.0. The molecule has 0 N–H and O–H groups in total. The van der Waals surface area contributed by atoms with Crippen molar-refractivity contribution in [1.82, 2.24) is 8.87 Å². The number of Topliss-reactive ketones (excluding diaryl/α,β-unsaturated/α-hetero) is 1. The third-order valence-corrected chi connectivity index (χ3v) is 7.82. The van der Waals surface area contributed by atoms with Gasteiger partial charge in [-0.25, -0.2) is 13.2 Å². The first kappa shape index (κ1) is 26.5. The molecule has 180 valence electrons. The quantitative estimate of drug-likeness (QED) is 0.223. The summed E-state index contributed by atoms with van der Waals surface area (Å²) in [5.41, 5.74) is 0.744. The minimum atomic E-state index is -4.29. The summed E-state index contributed by atoms with van der Waals surface area (Å²) in [4.78, 5) is 35.8. The molecule has 10 nitrogen and oxygen atoms in total. The van der Waals surface area contributed by atoms with Crippen molar-refractivity contribution in [2.75, 3.05) is 13.7 Å². The van der Waals surface area contributed by atoms with E-state index in [-0.39, 0.29) is 27.7 Å². The van der Waals surface area contributed by atoms with Crippen LogP contribution in [0, 0.1) is 24.0 Å². The minimum absolute atomic E-state index is 0.000448. The SMILES string of the molecule is CCCN(C(C)C(=O)c1c(C)c(C(=O)OC)n(C)c1C)S(=O)(=O)c1ccc(Cl)c([N+](=O)[O-])c1. The van der Waals surface area contributed by atoms with Crippen molar-refractivity contribution < 1.29 is 27.7 Å². The van der Waals surface area contributed by atoms with Gasteiger partial charge in [0.2, 0.25) is 10.0 Å². The van der Waals surface area contributed by atoms with E-state index in [0.29, 0.717) is 17.7 Å². The largest absolute Gasteiger partial charge is 0.464 e. The lowest BCUT2D eigenvalue weighted by molar-refractivity contribution is -0.384. The molecule has 1 unspecified atom stereocenters. The highest BCUT2D eigenvalue weighted by Crippen LogP contribution is 2.31. The van der Waals surface area contributed by atoms with E-state index in [9.17, 15) is 28.1 Å². The second-order valence-electron chi connectivity index (χ2n) is 7.51. The molecule has 0 bridgehead atoms. The van der Waals surface area contributed by atoms with Crippen LogP contribution in [0.1, 0.15) is 52.4 Å². The van der Waals surface area contributed by atoms with Crippen LogP contribution in [0.4, 0.5) is 5.69 Å². The van der Waals surface area contributed by atoms with Gasteiger partial charge in [0.05, 0.1) is 23.0 Å². The van der Waals surface area contributed by atoms with Crippen molar-refractivity contribution in [2.24, 2.45) is 7.05 Å². The van der Waals surface area contributed by atoms with Gasteiger partial charge >= 0.3 is 5.97 Å². The van der Waals surface area contributed by atoms with Gasteiger partial charge in [-0.15, -0.1) is 0 Å². The summed E-state index contributed by atoms with van der Waals surface area (Å²) in [6.45, 7) is 6.45. The molecule has 0 spiro atoms. The Hall–Kier alpha value is -2.76. The molecule has 0 saturated carbocycles. The molecular weight excluding hydrogens is 474 g/mol. The van der Waals surface area contributed by atoms with Crippen molar-refractivity contribution in [3.8, 4) is 0 Å². The number of nitro benzene ring substituents is 1. The van der Waals surface area contributed by atoms with E-state index in [1.54, 1.807) is 27.8 Å². The van der Waals surface area contributed by atoms with E-state index in [1.807, 2.05) is 0 Å². The number of nitrogens with zero attached hydrogens (tertiary/aromatic N) is 3. The zero-order chi connectivity index (χ0) is 25.2. The van der Waals surface area contributed by atoms with Crippen molar-refractivity contribution in [3.63, 3.8) is 0 Å². The number of carbonyl (C=O) groups excluding carboxylic acids is 2. The van der Waals surface area contributed by atoms with Crippen molar-refractivity contribution in [1.29, 1.82) is 0 Å². The molecule has 0 aliphatic rings. The van der Waals surface area contributed by atoms with Crippen molar-refractivity contribution in [3.05, 3.63) is 55.9 Å². The molecule has 0 fully saturated rings. The number of benzene rings is 1. The number of nitro groups is 1. The average Bonchev–Trinajstić information content (AvgIpc) is 2.98. The Morgan fingerprint density at radius 3 is 2.42 bits per heavy atom. The van der Waals surface area contributed by atoms with Crippen molar-refractivity contribution in [2.45, 2.75) is 45.1 Å². The van der Waals surface area contributed by atoms with Gasteiger partial charge < -0.3 is 9.30 Å². The highest BCUT2D eigenvalue weighted by atomic mass is 35.5. The van der Waals surface area contributed by atoms with Crippen LogP contribution in [-0.4, -0.2) is 53.7 Å². The summed E-state index contributed by atoms with van der Waals surface area (Å²) in [5, 5.41) is 11.0. The number of sulfonamides is 1. The van der Waals surface area contributed by atoms with Crippen LogP contribution in [0.3, 0.4) is 0 Å². The van der Waals surface area contributed by atoms with Gasteiger partial charge in [-0.2, -0.15) is 4.31 Å². The fourth-order valence-corrected chi connectivity index (χ4v) is 5.63. The van der Waals surface area contributed by atoms with E-state index < -0.39 is 38.4 Å². The predicted octanol–water partition coefficient (Wildman–Crippen LogP) is 3.66. The second-order valence-corrected chi connectivity index (χ2v) is 9.81. The predicted molar refractivity (Wildman–Crippen MR) is 122 cm³/mol. The fraction of sp³-hybridized carbons (Fsp3) is 0.429. The van der Waals surface area contributed by atoms with Gasteiger partial charge in [0, 0.05) is 30.9 Å². The lowest BCUT2D eigenvalue weighted by Gasteiger charge is -2.27. The van der Waals surface area contributed by atoms with Crippen LogP contribution in [0.5, 0.6) is 0 Å². The summed E-state index contributed by atoms with van der Waals surface area (Å²) in [6.07, 6.45) is 0.396. The van der Waals surface area contributed by atoms with Crippen molar-refractivity contribution >= 4 is 39.1 Å². The van der Waals surface area contributed by atoms with E-state index in [2.05, 4.69) is 0 Å². The first-order valence-electron chi connectivity index (χ1n) is 10.0. The van der Waals surface area contributed by atoms with Gasteiger partial charge in [-0.1, -0.05) is 18.5 Å². The Morgan fingerprint density at radius 1 is 1.30 bits per heavy atom. The molecular formula is C21H26ClN3O7S. The normalized spacial score (nSPS) is 12.6. The minimum Gasteiger partial charge on any atom is -0.464 e. The Balaban J connectivity index is 2.59. The summed E-state index contributed by atoms with van der Waals surface area (Å²) < 4.78 is 34.2. The number of hydrogen-bond acceptors (Lipinski definition) is 7. The molecule has 2 rings (SSSR count). The number of ether oxygens (including phenoxy) is 1. The van der Waals surface area contributed by atoms with Crippen LogP contribution in [-0.2, 0) is 21.8 Å². The molecule has 0 amide bonds. The average molecular weight is 500 g/mol. The number of rotatable bonds is 9. The van der Waals surface area contributed by atoms with E-state index >= 15 is 0 Å². The molecule has 0 aliphatic carbocycles. The Bertz CT molecular complexity index is 1220. The van der Waals surface area contributed by atoms with E-state index in [0.717, 1.165) is 16.4 Å². The fourth-order valence-electron chi connectivity index (χ4n) is 3.74. The maximum Gasteiger partial charge on any atom is 0.354 e. The van der Waals surface area contributed by atoms with Crippen LogP contribution in [0.2, 0.25) is 5.02 Å². The molecule has 0 radical (unpaired) electrons. The standard InChI is InChI=1S/C21H26ClN3O7S/c1-7-10-24(33(30,31)15-8-9-16(22)17(11-15)25(28)29)14(4)20(26)18-12(2)19(21(27)32-6)23(5)13(18)3/h8-9,11,14H,7,10H2,1-6H3. The molecule has 12 heteroatoms. The van der Waals surface area contributed by atoms with Gasteiger partial charge in [-0.05, 0) is 44.9 Å². The van der Waals surface area contributed by atoms with Crippen LogP contribution in [0.25, 0.3) is 0 Å². The zero-order valence-electron chi connectivity index (χ0n) is 19.2. The van der Waals surface area contributed by atoms with Crippen LogP contribution >= 0.6 is 11.6 Å². The van der Waals surface area contributed by atoms with Crippen LogP contribution in [0.15, 0.2) is 23.1 Å². The number of methoxy groups -OCH3 is 1. The maximum absolute atomic E-state index is 13.5. The first-order valence-corrected chi connectivity index (χ1v) is 11.9. The van der Waals surface area contributed by atoms with Gasteiger partial charge in [0.25, 0.3) is 5.69 Å². The third-order valence-electron chi connectivity index (χ3n) is 5.53. The highest BCUT2D eigenvalue weighted by molar-refractivity contribution is 7.89. The Morgan fingerprint density at radius 2 is 1.91 bits per heavy atom. The van der Waals surface area contributed by atoms with E-state index in [4.69, 9.17) is 16.3 Å². The lowest BCUT2D eigenvalue weighted by atomic mass is 10.0. The molecule has 1 aromatic carbocycles. The number of halogens is 1. The first-order chi connectivity index (χ1) is 15.3. The van der Waals surface area contributed by atoms with Gasteiger partial charge in [-0.3, -0.25) is 14.9 Å². The molecule has 0 aliphatic heterocycles. The summed E-state index contributed by atoms with van der Waals surface area (Å²) in [6, 6.07) is 2.04. The van der Waals surface area contributed by atoms with E-state index in [1.165, 1.54) is 24.7 Å². The molecule has 33 heavy (non-hydrogen) atoms. The zero-order valence-corrected chi connectivity index (χ0v) is 20.8. The molecule has 1 aromatic heterocycles. The number of carbonyl (C=O) groups is 2. The molecule has 0 saturated heterocycles. The summed E-state index contributed by atoms with van der Waals surface area (Å²) in [5.74, 6) is -1.12. The number of esters is 1. The Labute approximate surface area is 197 Å². The molecule has 2 aromatic rings. The monoisotopic (exact) mass is 499 g/mol. The number of hydrogen-bond donors (Lipinski definition) is 0. The number of ketones is 1. The third kappa shape index (κ3) is 4.80. The van der Waals surface area contributed by atoms with Crippen LogP contribution < -0.4 is 0 Å². The summed E-state index contributed by atoms with van der Waals surface area (Å²) in [7, 11) is -1.44. The molecule has 1 atom stereocenters. The lowest BCUT2D eigenvalue weighted by Crippen LogP contribution is -2.44.